The number of carbonyl (C=O) groups excluding carboxylic acids is 1. The molecule has 0 unspecified atom stereocenters. The number of nitrogens with zero attached hydrogens (tertiary/aromatic N) is 1. The molecule has 0 aromatic heterocycles. The number of allylic oxidation sites excluding steroid dienone is 1. The lowest BCUT2D eigenvalue weighted by atomic mass is 10.1. The Balaban J connectivity index is 1.82. The molecule has 0 saturated carbocycles. The molecule has 1 heterocycles. The number of carbonyl (C=O) groups is 1. The van der Waals surface area contributed by atoms with E-state index in [0.29, 0.717) is 0 Å². The molecule has 0 fully saturated rings. The third-order valence-corrected chi connectivity index (χ3v) is 5.44. The number of Topliss-reactive ketones (excluding diaryl/α,β-unsaturated/α-hetero) is 1. The second kappa shape index (κ2) is 5.33. The van der Waals surface area contributed by atoms with Gasteiger partial charge in [-0.25, -0.2) is 0 Å². The van der Waals surface area contributed by atoms with Crippen LogP contribution in [0, 0.1) is 0 Å². The molecule has 2 aromatic carbocycles. The lowest BCUT2D eigenvalue weighted by molar-refractivity contribution is 0.103. The summed E-state index contributed by atoms with van der Waals surface area (Å²) in [6.07, 6.45) is 1.82. The summed E-state index contributed by atoms with van der Waals surface area (Å²) in [6.45, 7) is 3.13. The average Bonchev–Trinajstić information content (AvgIpc) is 3.07. The van der Waals surface area contributed by atoms with Crippen molar-refractivity contribution < 1.29 is 4.79 Å². The summed E-state index contributed by atoms with van der Waals surface area (Å²) in [5.74, 6) is 0.201. The third kappa shape index (κ3) is 2.00. The lowest BCUT2D eigenvalue weighted by Gasteiger charge is -2.21. The molecule has 1 aliphatic carbocycles. The highest BCUT2D eigenvalue weighted by atomic mass is 32.2. The molecule has 0 bridgehead atoms. The van der Waals surface area contributed by atoms with E-state index >= 15 is 0 Å². The Morgan fingerprint density at radius 3 is 2.68 bits per heavy atom. The Bertz CT molecular complexity index is 794. The van der Waals surface area contributed by atoms with Gasteiger partial charge in [0.2, 0.25) is 0 Å². The van der Waals surface area contributed by atoms with Crippen LogP contribution < -0.4 is 4.90 Å². The molecule has 0 spiro atoms. The van der Waals surface area contributed by atoms with Crippen LogP contribution in [0.5, 0.6) is 0 Å². The first-order valence-electron chi connectivity index (χ1n) is 7.69. The number of fused-ring (bicyclic) bond motifs is 2. The molecule has 110 valence electrons. The molecule has 4 rings (SSSR count). The Kier molecular flexibility index (Phi) is 3.30. The summed E-state index contributed by atoms with van der Waals surface area (Å²) >= 11 is 1.74. The molecule has 1 aliphatic heterocycles. The standard InChI is InChI=1S/C19H17NOS/c1-2-11-20-16-9-5-6-10-17(16)22-19(20)15-12-13-7-3-4-8-14(13)18(15)21/h3-10H,2,11-12H2,1H3/b19-15-. The van der Waals surface area contributed by atoms with Crippen molar-refractivity contribution in [2.75, 3.05) is 11.4 Å². The molecule has 0 amide bonds. The second-order valence-electron chi connectivity index (χ2n) is 5.67. The minimum absolute atomic E-state index is 0.201. The molecule has 22 heavy (non-hydrogen) atoms. The number of anilines is 1. The Morgan fingerprint density at radius 2 is 1.86 bits per heavy atom. The van der Waals surface area contributed by atoms with Gasteiger partial charge in [-0.05, 0) is 24.1 Å². The van der Waals surface area contributed by atoms with Crippen molar-refractivity contribution in [1.29, 1.82) is 0 Å². The van der Waals surface area contributed by atoms with E-state index in [1.54, 1.807) is 11.8 Å². The van der Waals surface area contributed by atoms with E-state index in [1.165, 1.54) is 10.6 Å². The SMILES string of the molecule is CCCN1/C(=C2\Cc3ccccc3C2=O)Sc2ccccc21. The smallest absolute Gasteiger partial charge is 0.192 e. The van der Waals surface area contributed by atoms with Crippen LogP contribution in [0.25, 0.3) is 0 Å². The molecule has 0 radical (unpaired) electrons. The highest BCUT2D eigenvalue weighted by Gasteiger charge is 2.33. The van der Waals surface area contributed by atoms with Gasteiger partial charge in [-0.2, -0.15) is 0 Å². The second-order valence-corrected chi connectivity index (χ2v) is 6.70. The highest BCUT2D eigenvalue weighted by Crippen LogP contribution is 2.48. The number of para-hydroxylation sites is 1. The van der Waals surface area contributed by atoms with E-state index in [0.717, 1.165) is 41.1 Å². The molecule has 0 atom stereocenters. The van der Waals surface area contributed by atoms with Crippen molar-refractivity contribution in [2.45, 2.75) is 24.7 Å². The van der Waals surface area contributed by atoms with Crippen LogP contribution in [-0.2, 0) is 6.42 Å². The average molecular weight is 307 g/mol. The van der Waals surface area contributed by atoms with Crippen LogP contribution in [0.15, 0.2) is 64.0 Å². The van der Waals surface area contributed by atoms with Crippen LogP contribution in [-0.4, -0.2) is 12.3 Å². The number of benzene rings is 2. The van der Waals surface area contributed by atoms with Gasteiger partial charge >= 0.3 is 0 Å². The molecule has 0 saturated heterocycles. The van der Waals surface area contributed by atoms with Crippen LogP contribution in [0.2, 0.25) is 0 Å². The minimum Gasteiger partial charge on any atom is -0.335 e. The van der Waals surface area contributed by atoms with Crippen LogP contribution in [0.1, 0.15) is 29.3 Å². The van der Waals surface area contributed by atoms with E-state index in [9.17, 15) is 4.79 Å². The van der Waals surface area contributed by atoms with Crippen molar-refractivity contribution in [2.24, 2.45) is 0 Å². The van der Waals surface area contributed by atoms with Gasteiger partial charge in [0, 0.05) is 29.0 Å². The highest BCUT2D eigenvalue weighted by molar-refractivity contribution is 8.03. The maximum Gasteiger partial charge on any atom is 0.192 e. The van der Waals surface area contributed by atoms with Gasteiger partial charge in [-0.1, -0.05) is 55.1 Å². The third-order valence-electron chi connectivity index (χ3n) is 4.22. The number of ketones is 1. The monoisotopic (exact) mass is 307 g/mol. The number of thioether (sulfide) groups is 1. The van der Waals surface area contributed by atoms with Gasteiger partial charge in [0.1, 0.15) is 0 Å². The van der Waals surface area contributed by atoms with Gasteiger partial charge in [-0.15, -0.1) is 0 Å². The predicted octanol–water partition coefficient (Wildman–Crippen LogP) is 4.66. The number of hydrogen-bond acceptors (Lipinski definition) is 3. The first-order chi connectivity index (χ1) is 10.8. The molecule has 0 N–H and O–H groups in total. The van der Waals surface area contributed by atoms with E-state index in [-0.39, 0.29) is 5.78 Å². The fourth-order valence-corrected chi connectivity index (χ4v) is 4.43. The summed E-state index contributed by atoms with van der Waals surface area (Å²) in [6, 6.07) is 16.4. The van der Waals surface area contributed by atoms with Gasteiger partial charge in [0.15, 0.2) is 5.78 Å². The Morgan fingerprint density at radius 1 is 1.09 bits per heavy atom. The fraction of sp³-hybridized carbons (Fsp3) is 0.211. The van der Waals surface area contributed by atoms with Crippen LogP contribution >= 0.6 is 11.8 Å². The quantitative estimate of drug-likeness (QED) is 0.753. The molecule has 2 aromatic rings. The topological polar surface area (TPSA) is 20.3 Å². The molecule has 3 heteroatoms. The van der Waals surface area contributed by atoms with Gasteiger partial charge < -0.3 is 4.90 Å². The van der Waals surface area contributed by atoms with Crippen LogP contribution in [0.3, 0.4) is 0 Å². The van der Waals surface area contributed by atoms with E-state index in [1.807, 2.05) is 18.2 Å². The normalized spacial score (nSPS) is 19.5. The Labute approximate surface area is 134 Å². The van der Waals surface area contributed by atoms with E-state index in [2.05, 4.69) is 42.2 Å². The molecule has 2 nitrogen and oxygen atoms in total. The van der Waals surface area contributed by atoms with Crippen molar-refractivity contribution in [3.63, 3.8) is 0 Å². The van der Waals surface area contributed by atoms with Gasteiger partial charge in [0.25, 0.3) is 0 Å². The molecular weight excluding hydrogens is 290 g/mol. The zero-order valence-electron chi connectivity index (χ0n) is 12.5. The predicted molar refractivity (Wildman–Crippen MR) is 91.4 cm³/mol. The van der Waals surface area contributed by atoms with Gasteiger partial charge in [0.05, 0.1) is 10.7 Å². The van der Waals surface area contributed by atoms with Crippen molar-refractivity contribution >= 4 is 23.2 Å². The van der Waals surface area contributed by atoms with Crippen molar-refractivity contribution in [3.05, 3.63) is 70.3 Å². The summed E-state index contributed by atoms with van der Waals surface area (Å²) in [5.41, 5.74) is 4.22. The largest absolute Gasteiger partial charge is 0.335 e. The maximum absolute atomic E-state index is 12.8. The summed E-state index contributed by atoms with van der Waals surface area (Å²) in [5, 5.41) is 1.13. The summed E-state index contributed by atoms with van der Waals surface area (Å²) in [7, 11) is 0. The molecular formula is C19H17NOS. The van der Waals surface area contributed by atoms with Crippen molar-refractivity contribution in [1.82, 2.24) is 0 Å². The van der Waals surface area contributed by atoms with E-state index < -0.39 is 0 Å². The zero-order chi connectivity index (χ0) is 15.1. The first-order valence-corrected chi connectivity index (χ1v) is 8.51. The minimum atomic E-state index is 0.201. The molecule has 2 aliphatic rings. The van der Waals surface area contributed by atoms with Crippen LogP contribution in [0.4, 0.5) is 5.69 Å². The summed E-state index contributed by atoms with van der Waals surface area (Å²) < 4.78 is 0. The Hall–Kier alpha value is -2.00. The first kappa shape index (κ1) is 13.6. The van der Waals surface area contributed by atoms with Gasteiger partial charge in [-0.3, -0.25) is 4.79 Å². The number of rotatable bonds is 2. The fourth-order valence-electron chi connectivity index (χ4n) is 3.21. The number of hydrogen-bond donors (Lipinski definition) is 0. The van der Waals surface area contributed by atoms with Crippen molar-refractivity contribution in [3.8, 4) is 0 Å². The maximum atomic E-state index is 12.8. The lowest BCUT2D eigenvalue weighted by Crippen LogP contribution is -2.21. The zero-order valence-corrected chi connectivity index (χ0v) is 13.3. The van der Waals surface area contributed by atoms with E-state index in [4.69, 9.17) is 0 Å². The summed E-state index contributed by atoms with van der Waals surface area (Å²) in [4.78, 5) is 16.4.